The number of rotatable bonds is 4. The van der Waals surface area contributed by atoms with Crippen molar-refractivity contribution < 1.29 is 4.79 Å². The van der Waals surface area contributed by atoms with Gasteiger partial charge in [0, 0.05) is 16.1 Å². The summed E-state index contributed by atoms with van der Waals surface area (Å²) in [5, 5.41) is 16.0. The molecule has 2 aromatic heterocycles. The van der Waals surface area contributed by atoms with Gasteiger partial charge < -0.3 is 5.32 Å². The van der Waals surface area contributed by atoms with Gasteiger partial charge in [0.25, 0.3) is 11.3 Å². The number of benzene rings is 1. The van der Waals surface area contributed by atoms with Crippen molar-refractivity contribution in [3.8, 4) is 0 Å². The zero-order chi connectivity index (χ0) is 18.9. The monoisotopic (exact) mass is 392 g/mol. The van der Waals surface area contributed by atoms with Crippen molar-refractivity contribution in [1.29, 1.82) is 0 Å². The number of amides is 1. The van der Waals surface area contributed by atoms with E-state index >= 15 is 0 Å². The van der Waals surface area contributed by atoms with E-state index < -0.39 is 5.41 Å². The van der Waals surface area contributed by atoms with Crippen LogP contribution in [0.1, 0.15) is 26.5 Å². The normalized spacial score (nSPS) is 11.7. The highest BCUT2D eigenvalue weighted by molar-refractivity contribution is 7.99. The van der Waals surface area contributed by atoms with Crippen LogP contribution in [0, 0.1) is 0 Å². The molecule has 0 atom stereocenters. The molecule has 136 valence electrons. The highest BCUT2D eigenvalue weighted by atomic mass is 35.5. The van der Waals surface area contributed by atoms with Crippen LogP contribution >= 0.6 is 23.4 Å². The van der Waals surface area contributed by atoms with E-state index in [0.29, 0.717) is 21.6 Å². The van der Waals surface area contributed by atoms with Crippen molar-refractivity contribution in [1.82, 2.24) is 24.8 Å². The minimum Gasteiger partial charge on any atom is -0.325 e. The first kappa shape index (κ1) is 18.4. The fourth-order valence-corrected chi connectivity index (χ4v) is 2.99. The third-order valence-corrected chi connectivity index (χ3v) is 4.59. The molecule has 1 amide bonds. The summed E-state index contributed by atoms with van der Waals surface area (Å²) in [6.45, 7) is 5.69. The van der Waals surface area contributed by atoms with E-state index in [4.69, 9.17) is 11.6 Å². The third-order valence-electron chi connectivity index (χ3n) is 3.42. The Hall–Kier alpha value is -2.39. The maximum atomic E-state index is 12.1. The van der Waals surface area contributed by atoms with E-state index in [0.717, 1.165) is 0 Å². The summed E-state index contributed by atoms with van der Waals surface area (Å²) in [6.07, 6.45) is 0. The number of nitrogens with zero attached hydrogens (tertiary/aromatic N) is 4. The highest BCUT2D eigenvalue weighted by Gasteiger charge is 2.22. The lowest BCUT2D eigenvalue weighted by Crippen LogP contribution is -2.28. The second-order valence-corrected chi connectivity index (χ2v) is 7.99. The zero-order valence-corrected chi connectivity index (χ0v) is 16.0. The largest absolute Gasteiger partial charge is 0.325 e. The third kappa shape index (κ3) is 4.05. The number of fused-ring (bicyclic) bond motifs is 1. The van der Waals surface area contributed by atoms with E-state index in [1.54, 1.807) is 24.3 Å². The zero-order valence-electron chi connectivity index (χ0n) is 14.4. The Bertz CT molecular complexity index is 1010. The fraction of sp³-hybridized carbons (Fsp3) is 0.312. The highest BCUT2D eigenvalue weighted by Crippen LogP contribution is 2.19. The number of thioether (sulfide) groups is 1. The van der Waals surface area contributed by atoms with Gasteiger partial charge in [-0.3, -0.25) is 14.6 Å². The van der Waals surface area contributed by atoms with Crippen molar-refractivity contribution in [3.05, 3.63) is 45.3 Å². The van der Waals surface area contributed by atoms with Gasteiger partial charge in [0.2, 0.25) is 11.1 Å². The van der Waals surface area contributed by atoms with Crippen molar-refractivity contribution in [2.75, 3.05) is 11.1 Å². The van der Waals surface area contributed by atoms with E-state index in [1.807, 2.05) is 20.8 Å². The van der Waals surface area contributed by atoms with Gasteiger partial charge in [-0.1, -0.05) is 44.1 Å². The first-order chi connectivity index (χ1) is 12.2. The number of aromatic nitrogens is 5. The first-order valence-electron chi connectivity index (χ1n) is 7.78. The SMILES string of the molecule is CC(C)(C)c1nn2c(SCC(=O)Nc3ccc(Cl)cc3)nnc2[nH]c1=O. The van der Waals surface area contributed by atoms with Crippen molar-refractivity contribution >= 4 is 40.7 Å². The summed E-state index contributed by atoms with van der Waals surface area (Å²) in [6, 6.07) is 6.84. The van der Waals surface area contributed by atoms with Crippen LogP contribution in [0.25, 0.3) is 5.78 Å². The van der Waals surface area contributed by atoms with Gasteiger partial charge in [-0.2, -0.15) is 9.61 Å². The Kier molecular flexibility index (Phi) is 5.01. The lowest BCUT2D eigenvalue weighted by Gasteiger charge is -2.15. The molecule has 0 spiro atoms. The molecule has 26 heavy (non-hydrogen) atoms. The predicted molar refractivity (Wildman–Crippen MR) is 101 cm³/mol. The summed E-state index contributed by atoms with van der Waals surface area (Å²) in [4.78, 5) is 26.9. The van der Waals surface area contributed by atoms with Crippen LogP contribution < -0.4 is 10.9 Å². The molecule has 0 unspecified atom stereocenters. The van der Waals surface area contributed by atoms with Gasteiger partial charge in [0.05, 0.1) is 5.75 Å². The maximum absolute atomic E-state index is 12.1. The number of halogens is 1. The topological polar surface area (TPSA) is 105 Å². The Morgan fingerprint density at radius 2 is 1.96 bits per heavy atom. The van der Waals surface area contributed by atoms with Crippen molar-refractivity contribution in [2.24, 2.45) is 0 Å². The quantitative estimate of drug-likeness (QED) is 0.661. The summed E-state index contributed by atoms with van der Waals surface area (Å²) in [5.41, 5.74) is 0.301. The fourth-order valence-electron chi connectivity index (χ4n) is 2.18. The number of carbonyl (C=O) groups excluding carboxylic acids is 1. The minimum absolute atomic E-state index is 0.120. The lowest BCUT2D eigenvalue weighted by molar-refractivity contribution is -0.113. The molecule has 3 aromatic rings. The molecule has 0 radical (unpaired) electrons. The van der Waals surface area contributed by atoms with Crippen LogP contribution in [-0.2, 0) is 10.2 Å². The molecule has 10 heteroatoms. The molecule has 2 N–H and O–H groups in total. The average molecular weight is 393 g/mol. The second-order valence-electron chi connectivity index (χ2n) is 6.61. The van der Waals surface area contributed by atoms with Crippen LogP contribution in [-0.4, -0.2) is 36.5 Å². The Balaban J connectivity index is 1.75. The van der Waals surface area contributed by atoms with Crippen LogP contribution in [0.3, 0.4) is 0 Å². The van der Waals surface area contributed by atoms with Gasteiger partial charge in [0.15, 0.2) is 0 Å². The number of aromatic amines is 1. The molecule has 8 nitrogen and oxygen atoms in total. The number of carbonyl (C=O) groups is 1. The maximum Gasteiger partial charge on any atom is 0.274 e. The molecular formula is C16H17ClN6O2S. The standard InChI is InChI=1S/C16H17ClN6O2S/c1-16(2,3)12-13(25)19-14-20-21-15(23(14)22-12)26-8-11(24)18-10-6-4-9(17)5-7-10/h4-7H,8H2,1-3H3,(H,18,24)(H,19,20,25). The van der Waals surface area contributed by atoms with Gasteiger partial charge in [-0.05, 0) is 24.3 Å². The van der Waals surface area contributed by atoms with Crippen molar-refractivity contribution in [3.63, 3.8) is 0 Å². The van der Waals surface area contributed by atoms with Gasteiger partial charge in [-0.25, -0.2) is 0 Å². The molecule has 0 aliphatic carbocycles. The van der Waals surface area contributed by atoms with Gasteiger partial charge in [-0.15, -0.1) is 10.2 Å². The molecular weight excluding hydrogens is 376 g/mol. The summed E-state index contributed by atoms with van der Waals surface area (Å²) >= 11 is 7.00. The van der Waals surface area contributed by atoms with Gasteiger partial charge >= 0.3 is 0 Å². The first-order valence-corrected chi connectivity index (χ1v) is 9.15. The second kappa shape index (κ2) is 7.08. The van der Waals surface area contributed by atoms with Gasteiger partial charge in [0.1, 0.15) is 5.69 Å². The number of H-pyrrole nitrogens is 1. The molecule has 3 rings (SSSR count). The van der Waals surface area contributed by atoms with E-state index in [1.165, 1.54) is 16.3 Å². The molecule has 0 aliphatic rings. The number of anilines is 1. The molecule has 0 saturated heterocycles. The minimum atomic E-state index is -0.431. The summed E-state index contributed by atoms with van der Waals surface area (Å²) in [5.74, 6) is 0.160. The summed E-state index contributed by atoms with van der Waals surface area (Å²) in [7, 11) is 0. The average Bonchev–Trinajstić information content (AvgIpc) is 2.95. The predicted octanol–water partition coefficient (Wildman–Crippen LogP) is 2.49. The van der Waals surface area contributed by atoms with E-state index in [-0.39, 0.29) is 23.0 Å². The van der Waals surface area contributed by atoms with Crippen LogP contribution in [0.5, 0.6) is 0 Å². The van der Waals surface area contributed by atoms with E-state index in [2.05, 4.69) is 25.6 Å². The number of hydrogen-bond acceptors (Lipinski definition) is 6. The van der Waals surface area contributed by atoms with Crippen LogP contribution in [0.2, 0.25) is 5.02 Å². The van der Waals surface area contributed by atoms with E-state index in [9.17, 15) is 9.59 Å². The smallest absolute Gasteiger partial charge is 0.274 e. The molecule has 0 aliphatic heterocycles. The lowest BCUT2D eigenvalue weighted by atomic mass is 9.93. The molecule has 0 fully saturated rings. The molecule has 2 heterocycles. The van der Waals surface area contributed by atoms with Crippen LogP contribution in [0.15, 0.2) is 34.2 Å². The Morgan fingerprint density at radius 3 is 2.62 bits per heavy atom. The number of nitrogens with one attached hydrogen (secondary N) is 2. The Morgan fingerprint density at radius 1 is 1.27 bits per heavy atom. The van der Waals surface area contributed by atoms with Crippen molar-refractivity contribution in [2.45, 2.75) is 31.3 Å². The molecule has 0 saturated carbocycles. The molecule has 1 aromatic carbocycles. The Labute approximate surface area is 158 Å². The van der Waals surface area contributed by atoms with Crippen LogP contribution in [0.4, 0.5) is 5.69 Å². The molecule has 0 bridgehead atoms. The number of hydrogen-bond donors (Lipinski definition) is 2. The summed E-state index contributed by atoms with van der Waals surface area (Å²) < 4.78 is 1.45.